The van der Waals surface area contributed by atoms with Crippen molar-refractivity contribution in [3.63, 3.8) is 0 Å². The second-order valence-corrected chi connectivity index (χ2v) is 5.38. The van der Waals surface area contributed by atoms with Crippen LogP contribution in [0.2, 0.25) is 0 Å². The maximum absolute atomic E-state index is 13.4. The smallest absolute Gasteiger partial charge is 0.326 e. The summed E-state index contributed by atoms with van der Waals surface area (Å²) in [5.41, 5.74) is -0.126. The first kappa shape index (κ1) is 14.5. The van der Waals surface area contributed by atoms with E-state index < -0.39 is 17.4 Å². The zero-order chi connectivity index (χ0) is 14.9. The highest BCUT2D eigenvalue weighted by molar-refractivity contribution is 5.92. The van der Waals surface area contributed by atoms with Crippen molar-refractivity contribution in [1.82, 2.24) is 4.90 Å². The monoisotopic (exact) mass is 279 g/mol. The Morgan fingerprint density at radius 3 is 2.50 bits per heavy atom. The molecule has 1 aromatic rings. The molecule has 1 unspecified atom stereocenters. The quantitative estimate of drug-likeness (QED) is 0.919. The number of carboxylic acid groups (broad SMARTS) is 1. The summed E-state index contributed by atoms with van der Waals surface area (Å²) >= 11 is 0. The Balaban J connectivity index is 2.32. The first-order valence-corrected chi connectivity index (χ1v) is 6.64. The van der Waals surface area contributed by atoms with Crippen LogP contribution < -0.4 is 0 Å². The molecule has 20 heavy (non-hydrogen) atoms. The molecule has 1 aliphatic carbocycles. The number of hydrogen-bond acceptors (Lipinski definition) is 2. The number of benzene rings is 1. The minimum atomic E-state index is -1.05. The first-order chi connectivity index (χ1) is 9.38. The molecule has 0 radical (unpaired) electrons. The number of aliphatic carboxylic acids is 1. The van der Waals surface area contributed by atoms with Crippen molar-refractivity contribution in [2.24, 2.45) is 0 Å². The molecule has 0 spiro atoms. The molecule has 0 aromatic heterocycles. The van der Waals surface area contributed by atoms with Crippen molar-refractivity contribution in [2.45, 2.75) is 37.6 Å². The third-order valence-electron chi connectivity index (χ3n) is 4.25. The lowest BCUT2D eigenvalue weighted by Crippen LogP contribution is -2.53. The van der Waals surface area contributed by atoms with Crippen LogP contribution in [0.5, 0.6) is 0 Å². The van der Waals surface area contributed by atoms with E-state index in [0.717, 1.165) is 6.42 Å². The number of likely N-dealkylation sites (N-methyl/N-ethyl adjacent to an activating group) is 1. The van der Waals surface area contributed by atoms with E-state index in [2.05, 4.69) is 0 Å². The molecule has 1 amide bonds. The SMILES string of the molecule is CC(C(=O)O)N(C)C(=O)C1(c2cccc(F)c2)CCC1. The number of carbonyl (C=O) groups excluding carboxylic acids is 1. The van der Waals surface area contributed by atoms with Gasteiger partial charge in [0.05, 0.1) is 5.41 Å². The van der Waals surface area contributed by atoms with E-state index >= 15 is 0 Å². The molecule has 1 aromatic carbocycles. The van der Waals surface area contributed by atoms with Crippen molar-refractivity contribution in [3.8, 4) is 0 Å². The summed E-state index contributed by atoms with van der Waals surface area (Å²) in [4.78, 5) is 24.9. The average molecular weight is 279 g/mol. The van der Waals surface area contributed by atoms with E-state index in [-0.39, 0.29) is 11.7 Å². The van der Waals surface area contributed by atoms with Crippen molar-refractivity contribution in [2.75, 3.05) is 7.05 Å². The number of carbonyl (C=O) groups is 2. The summed E-state index contributed by atoms with van der Waals surface area (Å²) < 4.78 is 13.4. The summed E-state index contributed by atoms with van der Waals surface area (Å²) in [6, 6.07) is 5.13. The summed E-state index contributed by atoms with van der Waals surface area (Å²) in [6.45, 7) is 1.47. The third kappa shape index (κ3) is 2.28. The average Bonchev–Trinajstić information content (AvgIpc) is 2.35. The van der Waals surface area contributed by atoms with Gasteiger partial charge in [0, 0.05) is 7.05 Å². The molecule has 2 rings (SSSR count). The second kappa shape index (κ2) is 5.23. The van der Waals surface area contributed by atoms with E-state index in [0.29, 0.717) is 18.4 Å². The van der Waals surface area contributed by atoms with Crippen molar-refractivity contribution in [1.29, 1.82) is 0 Å². The van der Waals surface area contributed by atoms with Gasteiger partial charge in [-0.1, -0.05) is 18.6 Å². The van der Waals surface area contributed by atoms with Crippen LogP contribution in [0.3, 0.4) is 0 Å². The Hall–Kier alpha value is -1.91. The van der Waals surface area contributed by atoms with Gasteiger partial charge in [-0.15, -0.1) is 0 Å². The summed E-state index contributed by atoms with van der Waals surface area (Å²) in [6.07, 6.45) is 2.15. The summed E-state index contributed by atoms with van der Waals surface area (Å²) in [7, 11) is 1.49. The molecule has 0 bridgehead atoms. The topological polar surface area (TPSA) is 57.6 Å². The van der Waals surface area contributed by atoms with Crippen molar-refractivity contribution < 1.29 is 19.1 Å². The minimum Gasteiger partial charge on any atom is -0.480 e. The standard InChI is InChI=1S/C15H18FNO3/c1-10(13(18)19)17(2)14(20)15(7-4-8-15)11-5-3-6-12(16)9-11/h3,5-6,9-10H,4,7-8H2,1-2H3,(H,18,19). The number of carboxylic acids is 1. The van der Waals surface area contributed by atoms with Gasteiger partial charge in [0.15, 0.2) is 0 Å². The van der Waals surface area contributed by atoms with Crippen LogP contribution in [-0.4, -0.2) is 35.0 Å². The maximum atomic E-state index is 13.4. The molecule has 0 aliphatic heterocycles. The van der Waals surface area contributed by atoms with E-state index in [1.807, 2.05) is 0 Å². The van der Waals surface area contributed by atoms with Gasteiger partial charge in [0.2, 0.25) is 5.91 Å². The zero-order valence-electron chi connectivity index (χ0n) is 11.6. The lowest BCUT2D eigenvalue weighted by atomic mass is 9.63. The van der Waals surface area contributed by atoms with Crippen LogP contribution in [0, 0.1) is 5.82 Å². The van der Waals surface area contributed by atoms with Gasteiger partial charge in [-0.25, -0.2) is 9.18 Å². The Morgan fingerprint density at radius 2 is 2.05 bits per heavy atom. The number of amides is 1. The van der Waals surface area contributed by atoms with E-state index in [9.17, 15) is 14.0 Å². The molecule has 0 heterocycles. The normalized spacial score (nSPS) is 17.9. The molecule has 1 atom stereocenters. The van der Waals surface area contributed by atoms with Gasteiger partial charge < -0.3 is 10.0 Å². The highest BCUT2D eigenvalue weighted by atomic mass is 19.1. The number of hydrogen-bond donors (Lipinski definition) is 1. The Labute approximate surface area is 117 Å². The van der Waals surface area contributed by atoms with Gasteiger partial charge in [-0.05, 0) is 37.5 Å². The van der Waals surface area contributed by atoms with E-state index in [1.165, 1.54) is 31.0 Å². The van der Waals surface area contributed by atoms with Gasteiger partial charge in [0.1, 0.15) is 11.9 Å². The third-order valence-corrected chi connectivity index (χ3v) is 4.25. The maximum Gasteiger partial charge on any atom is 0.326 e. The highest BCUT2D eigenvalue weighted by Gasteiger charge is 2.48. The van der Waals surface area contributed by atoms with Crippen LogP contribution in [0.4, 0.5) is 4.39 Å². The fourth-order valence-corrected chi connectivity index (χ4v) is 2.62. The predicted octanol–water partition coefficient (Wildman–Crippen LogP) is 2.18. The van der Waals surface area contributed by atoms with Gasteiger partial charge >= 0.3 is 5.97 Å². The van der Waals surface area contributed by atoms with Crippen LogP contribution >= 0.6 is 0 Å². The molecular weight excluding hydrogens is 261 g/mol. The van der Waals surface area contributed by atoms with E-state index in [1.54, 1.807) is 12.1 Å². The Morgan fingerprint density at radius 1 is 1.40 bits per heavy atom. The van der Waals surface area contributed by atoms with Gasteiger partial charge in [-0.3, -0.25) is 4.79 Å². The minimum absolute atomic E-state index is 0.246. The number of nitrogens with zero attached hydrogens (tertiary/aromatic N) is 1. The second-order valence-electron chi connectivity index (χ2n) is 5.38. The molecule has 1 saturated carbocycles. The molecule has 1 N–H and O–H groups in total. The first-order valence-electron chi connectivity index (χ1n) is 6.64. The summed E-state index contributed by atoms with van der Waals surface area (Å²) in [5.74, 6) is -1.67. The summed E-state index contributed by atoms with van der Waals surface area (Å²) in [5, 5.41) is 9.02. The van der Waals surface area contributed by atoms with Crippen LogP contribution in [-0.2, 0) is 15.0 Å². The van der Waals surface area contributed by atoms with Crippen LogP contribution in [0.1, 0.15) is 31.7 Å². The zero-order valence-corrected chi connectivity index (χ0v) is 11.6. The van der Waals surface area contributed by atoms with E-state index in [4.69, 9.17) is 5.11 Å². The fraction of sp³-hybridized carbons (Fsp3) is 0.467. The fourth-order valence-electron chi connectivity index (χ4n) is 2.62. The molecular formula is C15H18FNO3. The number of rotatable bonds is 4. The van der Waals surface area contributed by atoms with Gasteiger partial charge in [-0.2, -0.15) is 0 Å². The van der Waals surface area contributed by atoms with Crippen molar-refractivity contribution >= 4 is 11.9 Å². The largest absolute Gasteiger partial charge is 0.480 e. The highest BCUT2D eigenvalue weighted by Crippen LogP contribution is 2.45. The predicted molar refractivity (Wildman–Crippen MR) is 71.8 cm³/mol. The Kier molecular flexibility index (Phi) is 3.79. The molecule has 5 heteroatoms. The van der Waals surface area contributed by atoms with Crippen molar-refractivity contribution in [3.05, 3.63) is 35.6 Å². The molecule has 0 saturated heterocycles. The van der Waals surface area contributed by atoms with Crippen LogP contribution in [0.15, 0.2) is 24.3 Å². The lowest BCUT2D eigenvalue weighted by molar-refractivity contribution is -0.152. The van der Waals surface area contributed by atoms with Gasteiger partial charge in [0.25, 0.3) is 0 Å². The molecule has 4 nitrogen and oxygen atoms in total. The lowest BCUT2D eigenvalue weighted by Gasteiger charge is -2.43. The van der Waals surface area contributed by atoms with Crippen LogP contribution in [0.25, 0.3) is 0 Å². The Bertz CT molecular complexity index is 540. The molecule has 1 aliphatic rings. The molecule has 108 valence electrons. The number of halogens is 1. The molecule has 1 fully saturated rings.